The largest absolute Gasteiger partial charge is 0.495 e. The van der Waals surface area contributed by atoms with E-state index in [1.165, 1.54) is 38.5 Å². The number of nitrogens with zero attached hydrogens (tertiary/aromatic N) is 1. The van der Waals surface area contributed by atoms with Gasteiger partial charge in [0.1, 0.15) is 10.6 Å². The molecule has 2 N–H and O–H groups in total. The molecule has 1 atom stereocenters. The zero-order valence-corrected chi connectivity index (χ0v) is 17.6. The van der Waals surface area contributed by atoms with Crippen LogP contribution >= 0.6 is 0 Å². The van der Waals surface area contributed by atoms with Crippen LogP contribution in [0.3, 0.4) is 0 Å². The molecule has 1 aromatic carbocycles. The molecule has 2 aliphatic rings. The van der Waals surface area contributed by atoms with Crippen LogP contribution in [0.5, 0.6) is 5.75 Å². The smallest absolute Gasteiger partial charge is 0.251 e. The van der Waals surface area contributed by atoms with Gasteiger partial charge in [0.2, 0.25) is 10.0 Å². The minimum absolute atomic E-state index is 0.00984. The highest BCUT2D eigenvalue weighted by atomic mass is 32.2. The molecule has 0 unspecified atom stereocenters. The fraction of sp³-hybridized carbons (Fsp3) is 0.650. The van der Waals surface area contributed by atoms with E-state index in [1.807, 2.05) is 0 Å². The molecule has 8 heteroatoms. The van der Waals surface area contributed by atoms with E-state index in [9.17, 15) is 13.2 Å². The molecule has 3 rings (SSSR count). The minimum Gasteiger partial charge on any atom is -0.495 e. The van der Waals surface area contributed by atoms with Crippen molar-refractivity contribution in [1.29, 1.82) is 0 Å². The molecule has 28 heavy (non-hydrogen) atoms. The summed E-state index contributed by atoms with van der Waals surface area (Å²) in [4.78, 5) is 15.0. The van der Waals surface area contributed by atoms with Crippen LogP contribution in [0.25, 0.3) is 0 Å². The summed E-state index contributed by atoms with van der Waals surface area (Å²) in [5.41, 5.74) is 0.323. The molecule has 2 fully saturated rings. The monoisotopic (exact) mass is 409 g/mol. The number of carbonyl (C=O) groups excluding carboxylic acids is 1. The van der Waals surface area contributed by atoms with Crippen LogP contribution in [-0.4, -0.2) is 58.1 Å². The maximum absolute atomic E-state index is 12.6. The van der Waals surface area contributed by atoms with Crippen molar-refractivity contribution in [3.05, 3.63) is 23.8 Å². The predicted octanol–water partition coefficient (Wildman–Crippen LogP) is 2.13. The van der Waals surface area contributed by atoms with E-state index in [1.54, 1.807) is 6.07 Å². The van der Waals surface area contributed by atoms with Crippen molar-refractivity contribution in [1.82, 2.24) is 14.9 Å². The lowest BCUT2D eigenvalue weighted by Crippen LogP contribution is -2.39. The van der Waals surface area contributed by atoms with Gasteiger partial charge in [0, 0.05) is 30.7 Å². The van der Waals surface area contributed by atoms with Crippen molar-refractivity contribution in [2.45, 2.75) is 62.4 Å². The molecule has 0 aromatic heterocycles. The lowest BCUT2D eigenvalue weighted by molar-refractivity contribution is 0.0948. The molecule has 1 amide bonds. The topological polar surface area (TPSA) is 87.7 Å². The fourth-order valence-electron chi connectivity index (χ4n) is 3.59. The van der Waals surface area contributed by atoms with E-state index in [0.717, 1.165) is 32.4 Å². The highest BCUT2D eigenvalue weighted by Gasteiger charge is 2.30. The predicted molar refractivity (Wildman–Crippen MR) is 108 cm³/mol. The Morgan fingerprint density at radius 3 is 2.71 bits per heavy atom. The van der Waals surface area contributed by atoms with Crippen molar-refractivity contribution < 1.29 is 17.9 Å². The van der Waals surface area contributed by atoms with Crippen molar-refractivity contribution in [3.8, 4) is 5.75 Å². The number of sulfonamides is 1. The van der Waals surface area contributed by atoms with Crippen LogP contribution in [0.1, 0.15) is 55.8 Å². The lowest BCUT2D eigenvalue weighted by atomic mass is 10.0. The first kappa shape index (κ1) is 21.1. The molecule has 1 saturated carbocycles. The highest BCUT2D eigenvalue weighted by Crippen LogP contribution is 2.28. The Bertz CT molecular complexity index is 793. The number of hydrogen-bond acceptors (Lipinski definition) is 5. The average molecular weight is 410 g/mol. The van der Waals surface area contributed by atoms with Crippen LogP contribution in [0.2, 0.25) is 0 Å². The molecular formula is C20H31N3O4S. The number of carbonyl (C=O) groups is 1. The van der Waals surface area contributed by atoms with Gasteiger partial charge in [0.25, 0.3) is 5.91 Å². The van der Waals surface area contributed by atoms with E-state index in [2.05, 4.69) is 21.9 Å². The molecule has 1 heterocycles. The summed E-state index contributed by atoms with van der Waals surface area (Å²) in [6, 6.07) is 5.12. The maximum atomic E-state index is 12.6. The van der Waals surface area contributed by atoms with Gasteiger partial charge in [-0.05, 0) is 63.8 Å². The third kappa shape index (κ3) is 5.46. The van der Waals surface area contributed by atoms with Gasteiger partial charge in [-0.2, -0.15) is 0 Å². The Hall–Kier alpha value is -1.64. The van der Waals surface area contributed by atoms with Gasteiger partial charge in [-0.25, -0.2) is 13.1 Å². The van der Waals surface area contributed by atoms with Gasteiger partial charge in [0.15, 0.2) is 0 Å². The normalized spacial score (nSPS) is 20.7. The quantitative estimate of drug-likeness (QED) is 0.610. The molecule has 0 spiro atoms. The summed E-state index contributed by atoms with van der Waals surface area (Å²) in [5, 5.41) is 2.90. The van der Waals surface area contributed by atoms with Gasteiger partial charge in [-0.3, -0.25) is 4.79 Å². The van der Waals surface area contributed by atoms with E-state index >= 15 is 0 Å². The average Bonchev–Trinajstić information content (AvgIpc) is 3.49. The first-order chi connectivity index (χ1) is 13.4. The molecule has 1 aromatic rings. The van der Waals surface area contributed by atoms with Gasteiger partial charge in [0.05, 0.1) is 7.11 Å². The number of methoxy groups -OCH3 is 1. The summed E-state index contributed by atoms with van der Waals surface area (Å²) in [6.07, 6.45) is 6.35. The van der Waals surface area contributed by atoms with Crippen LogP contribution in [0.4, 0.5) is 0 Å². The molecule has 1 aliphatic heterocycles. The van der Waals surface area contributed by atoms with Crippen LogP contribution in [0.15, 0.2) is 23.1 Å². The Morgan fingerprint density at radius 2 is 2.04 bits per heavy atom. The maximum Gasteiger partial charge on any atom is 0.251 e. The van der Waals surface area contributed by atoms with Crippen molar-refractivity contribution in [3.63, 3.8) is 0 Å². The Kier molecular flexibility index (Phi) is 6.95. The summed E-state index contributed by atoms with van der Waals surface area (Å²) in [5.74, 6) is -0.0268. The van der Waals surface area contributed by atoms with E-state index in [0.29, 0.717) is 18.2 Å². The number of rotatable bonds is 9. The summed E-state index contributed by atoms with van der Waals surface area (Å²) in [6.45, 7) is 4.92. The van der Waals surface area contributed by atoms with Gasteiger partial charge in [-0.1, -0.05) is 6.42 Å². The molecular weight excluding hydrogens is 378 g/mol. The molecule has 156 valence electrons. The van der Waals surface area contributed by atoms with Gasteiger partial charge in [-0.15, -0.1) is 0 Å². The minimum atomic E-state index is -3.70. The first-order valence-corrected chi connectivity index (χ1v) is 11.6. The van der Waals surface area contributed by atoms with E-state index in [4.69, 9.17) is 4.74 Å². The third-order valence-electron chi connectivity index (χ3n) is 5.46. The van der Waals surface area contributed by atoms with E-state index in [-0.39, 0.29) is 22.6 Å². The van der Waals surface area contributed by atoms with Crippen LogP contribution < -0.4 is 14.8 Å². The van der Waals surface area contributed by atoms with Crippen molar-refractivity contribution in [2.75, 3.05) is 26.7 Å². The van der Waals surface area contributed by atoms with Crippen LogP contribution in [-0.2, 0) is 10.0 Å². The van der Waals surface area contributed by atoms with Gasteiger partial charge < -0.3 is 15.0 Å². The molecule has 1 saturated heterocycles. The second-order valence-corrected chi connectivity index (χ2v) is 9.43. The Morgan fingerprint density at radius 1 is 1.25 bits per heavy atom. The molecule has 7 nitrogen and oxygen atoms in total. The molecule has 0 radical (unpaired) electrons. The molecule has 1 aliphatic carbocycles. The number of benzene rings is 1. The lowest BCUT2D eigenvalue weighted by Gasteiger charge is -2.33. The summed E-state index contributed by atoms with van der Waals surface area (Å²) < 4.78 is 33.0. The SMILES string of the molecule is COc1ccc(C(=O)NCCCN2CCCC[C@@H]2C)cc1S(=O)(=O)NC1CC1. The Labute approximate surface area is 167 Å². The first-order valence-electron chi connectivity index (χ1n) is 10.1. The standard InChI is InChI=1S/C20H31N3O4S/c1-15-6-3-4-12-23(15)13-5-11-21-20(24)16-7-10-18(27-2)19(14-16)28(25,26)22-17-8-9-17/h7,10,14-15,17,22H,3-6,8-9,11-13H2,1-2H3,(H,21,24)/t15-/m0/s1. The van der Waals surface area contributed by atoms with Crippen LogP contribution in [0, 0.1) is 0 Å². The number of hydrogen-bond donors (Lipinski definition) is 2. The zero-order chi connectivity index (χ0) is 20.1. The number of piperidine rings is 1. The number of likely N-dealkylation sites (tertiary alicyclic amines) is 1. The van der Waals surface area contributed by atoms with Gasteiger partial charge >= 0.3 is 0 Å². The second kappa shape index (κ2) is 9.24. The third-order valence-corrected chi connectivity index (χ3v) is 7.00. The highest BCUT2D eigenvalue weighted by molar-refractivity contribution is 7.89. The number of ether oxygens (including phenoxy) is 1. The fourth-order valence-corrected chi connectivity index (χ4v) is 5.09. The Balaban J connectivity index is 1.58. The molecule has 0 bridgehead atoms. The summed E-state index contributed by atoms with van der Waals surface area (Å²) in [7, 11) is -2.28. The zero-order valence-electron chi connectivity index (χ0n) is 16.7. The van der Waals surface area contributed by atoms with E-state index < -0.39 is 10.0 Å². The number of amides is 1. The summed E-state index contributed by atoms with van der Waals surface area (Å²) >= 11 is 0. The van der Waals surface area contributed by atoms with Crippen molar-refractivity contribution >= 4 is 15.9 Å². The second-order valence-electron chi connectivity index (χ2n) is 7.75. The van der Waals surface area contributed by atoms with Crippen molar-refractivity contribution in [2.24, 2.45) is 0 Å². The number of nitrogens with one attached hydrogen (secondary N) is 2.